The van der Waals surface area contributed by atoms with Crippen LogP contribution in [0.25, 0.3) is 0 Å². The lowest BCUT2D eigenvalue weighted by Crippen LogP contribution is -2.47. The van der Waals surface area contributed by atoms with E-state index in [0.717, 1.165) is 38.8 Å². The number of nitrogens with two attached hydrogens (primary N) is 1. The summed E-state index contributed by atoms with van der Waals surface area (Å²) in [5, 5.41) is 0. The van der Waals surface area contributed by atoms with Crippen LogP contribution in [0.1, 0.15) is 25.7 Å². The van der Waals surface area contributed by atoms with Crippen molar-refractivity contribution in [3.8, 4) is 0 Å². The van der Waals surface area contributed by atoms with Crippen LogP contribution in [-0.2, 0) is 14.3 Å². The lowest BCUT2D eigenvalue weighted by molar-refractivity contribution is -0.149. The van der Waals surface area contributed by atoms with E-state index >= 15 is 0 Å². The second kappa shape index (κ2) is 5.80. The van der Waals surface area contributed by atoms with Gasteiger partial charge in [0, 0.05) is 45.7 Å². The minimum atomic E-state index is -0.340. The second-order valence-electron chi connectivity index (χ2n) is 4.88. The molecule has 0 unspecified atom stereocenters. The molecule has 2 heterocycles. The van der Waals surface area contributed by atoms with E-state index in [-0.39, 0.29) is 18.1 Å². The standard InChI is InChI=1S/C12H22N2O3/c13-10-12(3-7-16-8-4-12)17-9-11(15)14-5-1-2-6-14/h1-10,13H2. The largest absolute Gasteiger partial charge is 0.381 e. The molecule has 5 nitrogen and oxygen atoms in total. The Morgan fingerprint density at radius 1 is 1.29 bits per heavy atom. The van der Waals surface area contributed by atoms with E-state index in [2.05, 4.69) is 0 Å². The van der Waals surface area contributed by atoms with E-state index in [1.165, 1.54) is 0 Å². The van der Waals surface area contributed by atoms with Crippen LogP contribution in [0.15, 0.2) is 0 Å². The molecule has 2 aliphatic heterocycles. The number of carbonyl (C=O) groups excluding carboxylic acids is 1. The molecule has 5 heteroatoms. The molecule has 17 heavy (non-hydrogen) atoms. The molecule has 98 valence electrons. The molecule has 0 saturated carbocycles. The van der Waals surface area contributed by atoms with Gasteiger partial charge in [-0.25, -0.2) is 0 Å². The molecule has 2 fully saturated rings. The van der Waals surface area contributed by atoms with Crippen molar-refractivity contribution < 1.29 is 14.3 Å². The number of hydrogen-bond acceptors (Lipinski definition) is 4. The maximum atomic E-state index is 11.9. The predicted molar refractivity (Wildman–Crippen MR) is 63.6 cm³/mol. The van der Waals surface area contributed by atoms with Crippen molar-refractivity contribution in [1.82, 2.24) is 4.90 Å². The molecule has 0 bridgehead atoms. The Kier molecular flexibility index (Phi) is 4.36. The topological polar surface area (TPSA) is 64.8 Å². The Labute approximate surface area is 102 Å². The summed E-state index contributed by atoms with van der Waals surface area (Å²) in [5.41, 5.74) is 5.43. The number of rotatable bonds is 4. The molecule has 0 radical (unpaired) electrons. The third-order valence-electron chi connectivity index (χ3n) is 3.74. The van der Waals surface area contributed by atoms with Crippen LogP contribution in [0.5, 0.6) is 0 Å². The van der Waals surface area contributed by atoms with Gasteiger partial charge >= 0.3 is 0 Å². The molecule has 2 N–H and O–H groups in total. The first kappa shape index (κ1) is 12.8. The van der Waals surface area contributed by atoms with Crippen LogP contribution >= 0.6 is 0 Å². The van der Waals surface area contributed by atoms with Gasteiger partial charge in [0.15, 0.2) is 0 Å². The van der Waals surface area contributed by atoms with Gasteiger partial charge in [-0.05, 0) is 12.8 Å². The van der Waals surface area contributed by atoms with Crippen LogP contribution in [0.3, 0.4) is 0 Å². The highest BCUT2D eigenvalue weighted by molar-refractivity contribution is 5.77. The summed E-state index contributed by atoms with van der Waals surface area (Å²) in [6.07, 6.45) is 3.80. The normalized spacial score (nSPS) is 23.9. The molecule has 2 saturated heterocycles. The van der Waals surface area contributed by atoms with Gasteiger partial charge in [-0.15, -0.1) is 0 Å². The summed E-state index contributed by atoms with van der Waals surface area (Å²) in [4.78, 5) is 13.8. The molecule has 0 aromatic heterocycles. The summed E-state index contributed by atoms with van der Waals surface area (Å²) >= 11 is 0. The van der Waals surface area contributed by atoms with Gasteiger partial charge in [0.05, 0.1) is 5.60 Å². The van der Waals surface area contributed by atoms with Crippen molar-refractivity contribution in [2.24, 2.45) is 5.73 Å². The highest BCUT2D eigenvalue weighted by atomic mass is 16.5. The highest BCUT2D eigenvalue weighted by Gasteiger charge is 2.33. The number of carbonyl (C=O) groups is 1. The Morgan fingerprint density at radius 3 is 2.53 bits per heavy atom. The van der Waals surface area contributed by atoms with E-state index in [1.54, 1.807) is 0 Å². The lowest BCUT2D eigenvalue weighted by atomic mass is 9.94. The Hall–Kier alpha value is -0.650. The van der Waals surface area contributed by atoms with Crippen LogP contribution in [-0.4, -0.2) is 55.9 Å². The quantitative estimate of drug-likeness (QED) is 0.761. The van der Waals surface area contributed by atoms with Gasteiger partial charge in [-0.3, -0.25) is 4.79 Å². The fourth-order valence-corrected chi connectivity index (χ4v) is 2.42. The van der Waals surface area contributed by atoms with E-state index < -0.39 is 0 Å². The first-order chi connectivity index (χ1) is 8.26. The molecule has 0 aliphatic carbocycles. The fourth-order valence-electron chi connectivity index (χ4n) is 2.42. The monoisotopic (exact) mass is 242 g/mol. The van der Waals surface area contributed by atoms with E-state index in [4.69, 9.17) is 15.2 Å². The zero-order valence-electron chi connectivity index (χ0n) is 10.3. The van der Waals surface area contributed by atoms with Gasteiger partial charge in [-0.2, -0.15) is 0 Å². The fraction of sp³-hybridized carbons (Fsp3) is 0.917. The minimum absolute atomic E-state index is 0.0989. The smallest absolute Gasteiger partial charge is 0.248 e. The molecule has 0 atom stereocenters. The summed E-state index contributed by atoms with van der Waals surface area (Å²) in [6.45, 7) is 3.73. The first-order valence-electron chi connectivity index (χ1n) is 6.45. The maximum Gasteiger partial charge on any atom is 0.248 e. The molecule has 2 aliphatic rings. The maximum absolute atomic E-state index is 11.9. The van der Waals surface area contributed by atoms with Crippen LogP contribution in [0.2, 0.25) is 0 Å². The Morgan fingerprint density at radius 2 is 1.94 bits per heavy atom. The number of likely N-dealkylation sites (tertiary alicyclic amines) is 1. The molecule has 1 amide bonds. The van der Waals surface area contributed by atoms with Gasteiger partial charge < -0.3 is 20.1 Å². The lowest BCUT2D eigenvalue weighted by Gasteiger charge is -2.36. The van der Waals surface area contributed by atoms with Gasteiger partial charge in [0.25, 0.3) is 0 Å². The molecular weight excluding hydrogens is 220 g/mol. The van der Waals surface area contributed by atoms with Crippen LogP contribution < -0.4 is 5.73 Å². The summed E-state index contributed by atoms with van der Waals surface area (Å²) < 4.78 is 11.1. The second-order valence-corrected chi connectivity index (χ2v) is 4.88. The SMILES string of the molecule is NCC1(OCC(=O)N2CCCC2)CCOCC1. The number of amides is 1. The van der Waals surface area contributed by atoms with Gasteiger partial charge in [0.2, 0.25) is 5.91 Å². The van der Waals surface area contributed by atoms with Gasteiger partial charge in [0.1, 0.15) is 6.61 Å². The zero-order chi connectivity index (χ0) is 12.1. The van der Waals surface area contributed by atoms with E-state index in [9.17, 15) is 4.79 Å². The van der Waals surface area contributed by atoms with Crippen molar-refractivity contribution >= 4 is 5.91 Å². The van der Waals surface area contributed by atoms with Crippen molar-refractivity contribution in [1.29, 1.82) is 0 Å². The number of hydrogen-bond donors (Lipinski definition) is 1. The number of ether oxygens (including phenoxy) is 2. The Balaban J connectivity index is 1.80. The average Bonchev–Trinajstić information content (AvgIpc) is 2.91. The molecule has 2 rings (SSSR count). The first-order valence-corrected chi connectivity index (χ1v) is 6.45. The zero-order valence-corrected chi connectivity index (χ0v) is 10.3. The average molecular weight is 242 g/mol. The Bertz CT molecular complexity index is 258. The summed E-state index contributed by atoms with van der Waals surface area (Å²) in [6, 6.07) is 0. The van der Waals surface area contributed by atoms with Crippen LogP contribution in [0.4, 0.5) is 0 Å². The van der Waals surface area contributed by atoms with Gasteiger partial charge in [-0.1, -0.05) is 0 Å². The van der Waals surface area contributed by atoms with Crippen LogP contribution in [0, 0.1) is 0 Å². The summed E-state index contributed by atoms with van der Waals surface area (Å²) in [7, 11) is 0. The van der Waals surface area contributed by atoms with Crippen molar-refractivity contribution in [3.63, 3.8) is 0 Å². The molecule has 0 aromatic carbocycles. The van der Waals surface area contributed by atoms with E-state index in [1.807, 2.05) is 4.90 Å². The molecule has 0 aromatic rings. The van der Waals surface area contributed by atoms with Crippen molar-refractivity contribution in [2.45, 2.75) is 31.3 Å². The highest BCUT2D eigenvalue weighted by Crippen LogP contribution is 2.24. The van der Waals surface area contributed by atoms with Crippen molar-refractivity contribution in [2.75, 3.05) is 39.5 Å². The number of nitrogens with zero attached hydrogens (tertiary/aromatic N) is 1. The minimum Gasteiger partial charge on any atom is -0.381 e. The van der Waals surface area contributed by atoms with Crippen molar-refractivity contribution in [3.05, 3.63) is 0 Å². The third kappa shape index (κ3) is 3.18. The predicted octanol–water partition coefficient (Wildman–Crippen LogP) is 0.133. The van der Waals surface area contributed by atoms with E-state index in [0.29, 0.717) is 19.8 Å². The molecule has 0 spiro atoms. The molecular formula is C12H22N2O3. The summed E-state index contributed by atoms with van der Waals surface area (Å²) in [5.74, 6) is 0.0989. The third-order valence-corrected chi connectivity index (χ3v) is 3.74.